The molecule has 4 rings (SSSR count). The molecule has 2 aromatic carbocycles. The Bertz CT molecular complexity index is 1250. The molecule has 1 heterocycles. The van der Waals surface area contributed by atoms with Gasteiger partial charge in [0.1, 0.15) is 16.5 Å². The highest BCUT2D eigenvalue weighted by molar-refractivity contribution is 7.89. The molecule has 0 unspecified atom stereocenters. The number of benzene rings is 2. The van der Waals surface area contributed by atoms with E-state index in [9.17, 15) is 17.6 Å². The van der Waals surface area contributed by atoms with Crippen molar-refractivity contribution in [2.45, 2.75) is 49.6 Å². The minimum absolute atomic E-state index is 0.121. The molecule has 164 valence electrons. The van der Waals surface area contributed by atoms with Crippen molar-refractivity contribution in [3.63, 3.8) is 0 Å². The van der Waals surface area contributed by atoms with Gasteiger partial charge in [0.05, 0.1) is 7.11 Å². The van der Waals surface area contributed by atoms with Crippen LogP contribution in [0, 0.1) is 5.82 Å². The number of ether oxygens (including phenoxy) is 1. The third-order valence-corrected chi connectivity index (χ3v) is 7.79. The predicted octanol–water partition coefficient (Wildman–Crippen LogP) is 4.20. The summed E-state index contributed by atoms with van der Waals surface area (Å²) in [5.41, 5.74) is 0.587. The molecule has 0 aliphatic heterocycles. The Morgan fingerprint density at radius 1 is 1.10 bits per heavy atom. The first-order chi connectivity index (χ1) is 14.9. The number of methoxy groups -OCH3 is 1. The van der Waals surface area contributed by atoms with Gasteiger partial charge in [0, 0.05) is 29.1 Å². The van der Waals surface area contributed by atoms with Gasteiger partial charge in [-0.3, -0.25) is 4.79 Å². The molecule has 1 saturated carbocycles. The molecule has 1 aromatic heterocycles. The molecule has 1 fully saturated rings. The van der Waals surface area contributed by atoms with E-state index in [4.69, 9.17) is 4.74 Å². The fourth-order valence-electron chi connectivity index (χ4n) is 4.20. The molecule has 1 aliphatic carbocycles. The van der Waals surface area contributed by atoms with Gasteiger partial charge in [-0.15, -0.1) is 0 Å². The Balaban J connectivity index is 1.79. The summed E-state index contributed by atoms with van der Waals surface area (Å²) < 4.78 is 48.0. The van der Waals surface area contributed by atoms with Gasteiger partial charge in [-0.1, -0.05) is 31.4 Å². The fraction of sp³-hybridized carbons (Fsp3) is 0.348. The van der Waals surface area contributed by atoms with Crippen LogP contribution < -0.4 is 10.3 Å². The summed E-state index contributed by atoms with van der Waals surface area (Å²) in [7, 11) is -2.58. The Kier molecular flexibility index (Phi) is 6.11. The van der Waals surface area contributed by atoms with Crippen LogP contribution in [0.15, 0.2) is 58.2 Å². The summed E-state index contributed by atoms with van der Waals surface area (Å²) in [6, 6.07) is 12.1. The van der Waals surface area contributed by atoms with E-state index in [0.29, 0.717) is 29.7 Å². The lowest BCUT2D eigenvalue weighted by Gasteiger charge is -2.33. The maximum atomic E-state index is 14.4. The third-order valence-electron chi connectivity index (χ3n) is 5.86. The molecule has 0 saturated heterocycles. The van der Waals surface area contributed by atoms with Crippen LogP contribution in [0.3, 0.4) is 0 Å². The number of nitrogens with one attached hydrogen (secondary N) is 1. The quantitative estimate of drug-likeness (QED) is 0.618. The number of halogens is 1. The van der Waals surface area contributed by atoms with E-state index in [-0.39, 0.29) is 23.0 Å². The van der Waals surface area contributed by atoms with E-state index >= 15 is 0 Å². The maximum Gasteiger partial charge on any atom is 0.252 e. The molecular weight excluding hydrogens is 419 g/mol. The molecule has 8 heteroatoms. The second-order valence-electron chi connectivity index (χ2n) is 7.85. The summed E-state index contributed by atoms with van der Waals surface area (Å²) in [6.07, 6.45) is 4.22. The first-order valence-electron chi connectivity index (χ1n) is 10.4. The minimum atomic E-state index is -4.13. The molecule has 0 amide bonds. The monoisotopic (exact) mass is 444 g/mol. The van der Waals surface area contributed by atoms with Crippen LogP contribution in [0.25, 0.3) is 10.9 Å². The second kappa shape index (κ2) is 8.80. The number of nitrogens with zero attached hydrogens (tertiary/aromatic N) is 1. The molecule has 1 aliphatic rings. The Morgan fingerprint density at radius 3 is 2.55 bits per heavy atom. The summed E-state index contributed by atoms with van der Waals surface area (Å²) in [4.78, 5) is 15.2. The fourth-order valence-corrected chi connectivity index (χ4v) is 5.93. The highest BCUT2D eigenvalue weighted by atomic mass is 32.2. The number of hydrogen-bond acceptors (Lipinski definition) is 4. The Labute approximate surface area is 180 Å². The van der Waals surface area contributed by atoms with E-state index in [0.717, 1.165) is 30.7 Å². The molecule has 0 spiro atoms. The number of H-pyrrole nitrogens is 1. The van der Waals surface area contributed by atoms with Gasteiger partial charge in [-0.25, -0.2) is 12.8 Å². The van der Waals surface area contributed by atoms with Gasteiger partial charge < -0.3 is 9.72 Å². The van der Waals surface area contributed by atoms with Crippen molar-refractivity contribution in [2.24, 2.45) is 0 Å². The maximum absolute atomic E-state index is 14.4. The summed E-state index contributed by atoms with van der Waals surface area (Å²) in [5.74, 6) is -0.158. The van der Waals surface area contributed by atoms with Gasteiger partial charge >= 0.3 is 0 Å². The van der Waals surface area contributed by atoms with Gasteiger partial charge in [-0.2, -0.15) is 4.31 Å². The molecule has 6 nitrogen and oxygen atoms in total. The van der Waals surface area contributed by atoms with Crippen LogP contribution in [0.4, 0.5) is 4.39 Å². The normalized spacial score (nSPS) is 15.5. The van der Waals surface area contributed by atoms with Crippen LogP contribution >= 0.6 is 0 Å². The van der Waals surface area contributed by atoms with Crippen LogP contribution in [0.2, 0.25) is 0 Å². The molecule has 3 aromatic rings. The van der Waals surface area contributed by atoms with Crippen LogP contribution in [0.1, 0.15) is 37.7 Å². The number of rotatable bonds is 6. The van der Waals surface area contributed by atoms with Crippen molar-refractivity contribution in [3.8, 4) is 5.75 Å². The van der Waals surface area contributed by atoms with Gasteiger partial charge in [-0.05, 0) is 49.2 Å². The van der Waals surface area contributed by atoms with Crippen molar-refractivity contribution in [2.75, 3.05) is 7.11 Å². The molecule has 0 atom stereocenters. The zero-order chi connectivity index (χ0) is 22.0. The minimum Gasteiger partial charge on any atom is -0.497 e. The first kappa shape index (κ1) is 21.5. The zero-order valence-corrected chi connectivity index (χ0v) is 18.1. The summed E-state index contributed by atoms with van der Waals surface area (Å²) in [5, 5.41) is 0.737. The highest BCUT2D eigenvalue weighted by Gasteiger charge is 2.34. The van der Waals surface area contributed by atoms with Crippen molar-refractivity contribution in [1.29, 1.82) is 0 Å². The Morgan fingerprint density at radius 2 is 1.84 bits per heavy atom. The largest absolute Gasteiger partial charge is 0.497 e. The average molecular weight is 445 g/mol. The summed E-state index contributed by atoms with van der Waals surface area (Å²) >= 11 is 0. The lowest BCUT2D eigenvalue weighted by Crippen LogP contribution is -2.42. The number of hydrogen-bond donors (Lipinski definition) is 1. The van der Waals surface area contributed by atoms with Crippen LogP contribution in [-0.2, 0) is 16.6 Å². The predicted molar refractivity (Wildman–Crippen MR) is 117 cm³/mol. The molecule has 0 bridgehead atoms. The lowest BCUT2D eigenvalue weighted by molar-refractivity contribution is 0.246. The van der Waals surface area contributed by atoms with Crippen molar-refractivity contribution < 1.29 is 17.5 Å². The van der Waals surface area contributed by atoms with Crippen molar-refractivity contribution in [1.82, 2.24) is 9.29 Å². The van der Waals surface area contributed by atoms with Gasteiger partial charge in [0.25, 0.3) is 5.56 Å². The number of aromatic nitrogens is 1. The van der Waals surface area contributed by atoms with Crippen molar-refractivity contribution in [3.05, 3.63) is 70.3 Å². The SMILES string of the molecule is COc1ccc2[nH]c(=O)c(CN(C3CCCCC3)S(=O)(=O)c3ccccc3F)cc2c1. The number of sulfonamides is 1. The zero-order valence-electron chi connectivity index (χ0n) is 17.3. The van der Waals surface area contributed by atoms with E-state index in [1.165, 1.54) is 22.5 Å². The van der Waals surface area contributed by atoms with Crippen molar-refractivity contribution >= 4 is 20.9 Å². The van der Waals surface area contributed by atoms with E-state index in [1.807, 2.05) is 0 Å². The smallest absolute Gasteiger partial charge is 0.252 e. The lowest BCUT2D eigenvalue weighted by atomic mass is 9.95. The van der Waals surface area contributed by atoms with Gasteiger partial charge in [0.2, 0.25) is 10.0 Å². The topological polar surface area (TPSA) is 79.5 Å². The number of aromatic amines is 1. The molecule has 31 heavy (non-hydrogen) atoms. The molecule has 1 N–H and O–H groups in total. The molecular formula is C23H25FN2O4S. The third kappa shape index (κ3) is 4.36. The second-order valence-corrected chi connectivity index (χ2v) is 9.71. The number of pyridine rings is 1. The standard InChI is InChI=1S/C23H25FN2O4S/c1-30-19-11-12-21-16(14-19)13-17(23(27)25-21)15-26(18-7-3-2-4-8-18)31(28,29)22-10-6-5-9-20(22)24/h5-6,9-14,18H,2-4,7-8,15H2,1H3,(H,25,27). The average Bonchev–Trinajstić information content (AvgIpc) is 2.78. The van der Waals surface area contributed by atoms with E-state index in [2.05, 4.69) is 4.98 Å². The Hall–Kier alpha value is -2.71. The first-order valence-corrected chi connectivity index (χ1v) is 11.8. The molecule has 0 radical (unpaired) electrons. The highest BCUT2D eigenvalue weighted by Crippen LogP contribution is 2.30. The van der Waals surface area contributed by atoms with E-state index in [1.54, 1.807) is 31.4 Å². The van der Waals surface area contributed by atoms with E-state index < -0.39 is 15.8 Å². The van der Waals surface area contributed by atoms with Crippen LogP contribution in [0.5, 0.6) is 5.75 Å². The number of fused-ring (bicyclic) bond motifs is 1. The van der Waals surface area contributed by atoms with Gasteiger partial charge in [0.15, 0.2) is 0 Å². The van der Waals surface area contributed by atoms with Crippen LogP contribution in [-0.4, -0.2) is 30.9 Å². The summed E-state index contributed by atoms with van der Waals surface area (Å²) in [6.45, 7) is -0.121.